The molecule has 10 rings (SSSR count). The van der Waals surface area contributed by atoms with Crippen LogP contribution in [0, 0.1) is 17.9 Å². The molecule has 5 nitrogen and oxygen atoms in total. The normalized spacial score (nSPS) is 11.7. The van der Waals surface area contributed by atoms with Crippen LogP contribution >= 0.6 is 0 Å². The van der Waals surface area contributed by atoms with Gasteiger partial charge in [-0.1, -0.05) is 121 Å². The molecule has 322 valence electrons. The van der Waals surface area contributed by atoms with Crippen LogP contribution in [0.4, 0.5) is 32.0 Å². The highest BCUT2D eigenvalue weighted by Crippen LogP contribution is 2.49. The number of fused-ring (bicyclic) bond motifs is 3. The Morgan fingerprint density at radius 1 is 0.463 bits per heavy atom. The molecule has 2 heterocycles. The number of para-hydroxylation sites is 1. The van der Waals surface area contributed by atoms with Gasteiger partial charge in [-0.25, -0.2) is 14.8 Å². The van der Waals surface area contributed by atoms with E-state index in [4.69, 9.17) is 16.5 Å². The maximum Gasteiger partial charge on any atom is 0.417 e. The van der Waals surface area contributed by atoms with Crippen molar-refractivity contribution >= 4 is 27.5 Å². The smallest absolute Gasteiger partial charge is 0.308 e. The van der Waals surface area contributed by atoms with Crippen LogP contribution in [-0.4, -0.2) is 14.5 Å². The summed E-state index contributed by atoms with van der Waals surface area (Å²) in [4.78, 5) is 13.4. The van der Waals surface area contributed by atoms with Gasteiger partial charge < -0.3 is 4.57 Å². The first-order valence-corrected chi connectivity index (χ1v) is 20.9. The third kappa shape index (κ3) is 7.83. The van der Waals surface area contributed by atoms with E-state index in [0.29, 0.717) is 50.0 Å². The summed E-state index contributed by atoms with van der Waals surface area (Å²) in [6, 6.07) is 52.8. The van der Waals surface area contributed by atoms with E-state index in [2.05, 4.69) is 10.9 Å². The molecular formula is C56H31F6N5. The summed E-state index contributed by atoms with van der Waals surface area (Å²) in [6.45, 7) is 7.64. The second-order valence-electron chi connectivity index (χ2n) is 15.8. The molecule has 0 aliphatic heterocycles. The largest absolute Gasteiger partial charge is 0.417 e. The standard InChI is InChI=1S/C56H31F6N5/c1-64-40-27-34(33-63)26-38(28-40)37-24-25-52-44(29-37)43-20-10-13-23-51(43)67(52)53-45(41-18-8-11-21-47(41)55(57,58)59)30-39(31-46(53)42-19-9-12-22-48(42)56(60,61)62)50-32-49(35-14-4-2-5-15-35)65-54(66-50)36-16-6-3-7-17-36/h2-32H. The summed E-state index contributed by atoms with van der Waals surface area (Å²) in [6.07, 6.45) is -9.75. The molecule has 0 atom stereocenters. The predicted molar refractivity (Wildman–Crippen MR) is 250 cm³/mol. The number of alkyl halides is 6. The Kier molecular flexibility index (Phi) is 10.5. The van der Waals surface area contributed by atoms with Gasteiger partial charge in [0.05, 0.1) is 51.9 Å². The SMILES string of the molecule is [C-]#[N+]c1cc(C#N)cc(-c2ccc3c(c2)c2ccccc2n3-c2c(-c3ccccc3C(F)(F)F)cc(-c3cc(-c4ccccc4)nc(-c4ccccc4)n3)cc2-c2ccccc2C(F)(F)F)c1. The van der Waals surface area contributed by atoms with E-state index >= 15 is 26.3 Å². The van der Waals surface area contributed by atoms with Crippen molar-refractivity contribution in [3.8, 4) is 79.0 Å². The number of hydrogen-bond donors (Lipinski definition) is 0. The monoisotopic (exact) mass is 887 g/mol. The molecule has 0 spiro atoms. The van der Waals surface area contributed by atoms with Gasteiger partial charge in [0.25, 0.3) is 0 Å². The van der Waals surface area contributed by atoms with Gasteiger partial charge >= 0.3 is 12.4 Å². The molecule has 0 fully saturated rings. The molecule has 0 radical (unpaired) electrons. The van der Waals surface area contributed by atoms with Crippen LogP contribution < -0.4 is 0 Å². The van der Waals surface area contributed by atoms with E-state index in [1.54, 1.807) is 65.2 Å². The molecule has 0 N–H and O–H groups in total. The minimum Gasteiger partial charge on any atom is -0.308 e. The maximum atomic E-state index is 15.4. The molecule has 8 aromatic carbocycles. The molecule has 10 aromatic rings. The third-order valence-corrected chi connectivity index (χ3v) is 11.7. The first-order chi connectivity index (χ1) is 32.4. The first-order valence-electron chi connectivity index (χ1n) is 20.9. The summed E-state index contributed by atoms with van der Waals surface area (Å²) < 4.78 is 93.9. The Balaban J connectivity index is 1.37. The number of halogens is 6. The van der Waals surface area contributed by atoms with Crippen LogP contribution in [0.15, 0.2) is 188 Å². The second-order valence-corrected chi connectivity index (χ2v) is 15.8. The highest BCUT2D eigenvalue weighted by molar-refractivity contribution is 6.12. The molecule has 0 aliphatic rings. The van der Waals surface area contributed by atoms with Gasteiger partial charge in [-0.2, -0.15) is 31.6 Å². The van der Waals surface area contributed by atoms with Crippen LogP contribution in [0.1, 0.15) is 16.7 Å². The minimum absolute atomic E-state index is 0.00585. The van der Waals surface area contributed by atoms with Gasteiger partial charge in [0.15, 0.2) is 11.5 Å². The van der Waals surface area contributed by atoms with Gasteiger partial charge in [0.2, 0.25) is 0 Å². The predicted octanol–water partition coefficient (Wildman–Crippen LogP) is 16.0. The number of aromatic nitrogens is 3. The number of hydrogen-bond acceptors (Lipinski definition) is 3. The zero-order valence-electron chi connectivity index (χ0n) is 34.9. The molecule has 0 amide bonds. The van der Waals surface area contributed by atoms with Gasteiger partial charge in [0.1, 0.15) is 0 Å². The van der Waals surface area contributed by atoms with Crippen LogP contribution in [0.25, 0.3) is 99.6 Å². The zero-order chi connectivity index (χ0) is 46.5. The second kappa shape index (κ2) is 16.6. The van der Waals surface area contributed by atoms with Crippen molar-refractivity contribution in [2.45, 2.75) is 12.4 Å². The quantitative estimate of drug-likeness (QED) is 0.118. The minimum atomic E-state index is -4.87. The van der Waals surface area contributed by atoms with Gasteiger partial charge in [-0.05, 0) is 89.0 Å². The van der Waals surface area contributed by atoms with Crippen LogP contribution in [0.2, 0.25) is 0 Å². The van der Waals surface area contributed by atoms with Gasteiger partial charge in [-0.15, -0.1) is 0 Å². The zero-order valence-corrected chi connectivity index (χ0v) is 34.9. The summed E-state index contributed by atoms with van der Waals surface area (Å²) in [7, 11) is 0. The number of nitrogens with zero attached hydrogens (tertiary/aromatic N) is 5. The van der Waals surface area contributed by atoms with Crippen molar-refractivity contribution in [2.75, 3.05) is 0 Å². The molecule has 2 aromatic heterocycles. The van der Waals surface area contributed by atoms with Crippen LogP contribution in [-0.2, 0) is 12.4 Å². The summed E-state index contributed by atoms with van der Waals surface area (Å²) in [5.74, 6) is 0.303. The average Bonchev–Trinajstić information content (AvgIpc) is 3.69. The average molecular weight is 888 g/mol. The molecular weight excluding hydrogens is 857 g/mol. The van der Waals surface area contributed by atoms with Crippen molar-refractivity contribution in [3.05, 3.63) is 216 Å². The van der Waals surface area contributed by atoms with E-state index in [-0.39, 0.29) is 50.4 Å². The lowest BCUT2D eigenvalue weighted by Crippen LogP contribution is -2.11. The Morgan fingerprint density at radius 2 is 1.00 bits per heavy atom. The lowest BCUT2D eigenvalue weighted by Gasteiger charge is -2.24. The van der Waals surface area contributed by atoms with E-state index < -0.39 is 23.5 Å². The highest BCUT2D eigenvalue weighted by atomic mass is 19.4. The third-order valence-electron chi connectivity index (χ3n) is 11.7. The molecule has 0 saturated heterocycles. The van der Waals surface area contributed by atoms with Crippen molar-refractivity contribution in [1.29, 1.82) is 5.26 Å². The van der Waals surface area contributed by atoms with E-state index in [1.807, 2.05) is 72.8 Å². The van der Waals surface area contributed by atoms with Crippen molar-refractivity contribution in [3.63, 3.8) is 0 Å². The summed E-state index contributed by atoms with van der Waals surface area (Å²) >= 11 is 0. The molecule has 67 heavy (non-hydrogen) atoms. The Bertz CT molecular complexity index is 3470. The van der Waals surface area contributed by atoms with Crippen molar-refractivity contribution < 1.29 is 26.3 Å². The van der Waals surface area contributed by atoms with E-state index in [9.17, 15) is 5.26 Å². The topological polar surface area (TPSA) is 58.9 Å². The Labute approximate surface area is 380 Å². The molecule has 0 aliphatic carbocycles. The molecule has 0 saturated carbocycles. The lowest BCUT2D eigenvalue weighted by atomic mass is 9.88. The van der Waals surface area contributed by atoms with Crippen LogP contribution in [0.5, 0.6) is 0 Å². The first kappa shape index (κ1) is 42.2. The fraction of sp³-hybridized carbons (Fsp3) is 0.0357. The highest BCUT2D eigenvalue weighted by Gasteiger charge is 2.37. The number of rotatable bonds is 7. The fourth-order valence-corrected chi connectivity index (χ4v) is 8.73. The number of nitriles is 1. The Hall–Kier alpha value is -8.80. The lowest BCUT2D eigenvalue weighted by molar-refractivity contribution is -0.137. The van der Waals surface area contributed by atoms with E-state index in [1.165, 1.54) is 42.5 Å². The fourth-order valence-electron chi connectivity index (χ4n) is 8.73. The van der Waals surface area contributed by atoms with Crippen molar-refractivity contribution in [1.82, 2.24) is 14.5 Å². The van der Waals surface area contributed by atoms with Crippen molar-refractivity contribution in [2.24, 2.45) is 0 Å². The number of benzene rings is 8. The molecule has 0 bridgehead atoms. The van der Waals surface area contributed by atoms with Gasteiger partial charge in [-0.3, -0.25) is 0 Å². The van der Waals surface area contributed by atoms with Gasteiger partial charge in [0, 0.05) is 44.2 Å². The molecule has 0 unspecified atom stereocenters. The molecule has 11 heteroatoms. The summed E-state index contributed by atoms with van der Waals surface area (Å²) in [5.41, 5.74) is 2.68. The van der Waals surface area contributed by atoms with E-state index in [0.717, 1.165) is 17.7 Å². The van der Waals surface area contributed by atoms with Crippen LogP contribution in [0.3, 0.4) is 0 Å². The summed E-state index contributed by atoms with van der Waals surface area (Å²) in [5, 5.41) is 11.1. The Morgan fingerprint density at radius 3 is 1.60 bits per heavy atom. The maximum absolute atomic E-state index is 15.4.